The van der Waals surface area contributed by atoms with Gasteiger partial charge in [-0.1, -0.05) is 30.3 Å². The first-order valence-corrected chi connectivity index (χ1v) is 10.5. The lowest BCUT2D eigenvalue weighted by Gasteiger charge is -2.19. The Bertz CT molecular complexity index is 975. The molecule has 4 rings (SSSR count). The van der Waals surface area contributed by atoms with Gasteiger partial charge in [0, 0.05) is 17.5 Å². The van der Waals surface area contributed by atoms with E-state index < -0.39 is 16.0 Å². The Hall–Kier alpha value is -2.58. The number of hydrogen-bond donors (Lipinski definition) is 1. The Balaban J connectivity index is 1.57. The minimum absolute atomic E-state index is 0.102. The van der Waals surface area contributed by atoms with E-state index in [0.717, 1.165) is 12.0 Å². The maximum atomic E-state index is 12.7. The van der Waals surface area contributed by atoms with Crippen LogP contribution in [-0.4, -0.2) is 40.2 Å². The van der Waals surface area contributed by atoms with E-state index >= 15 is 0 Å². The van der Waals surface area contributed by atoms with E-state index in [2.05, 4.69) is 9.46 Å². The molecule has 1 heterocycles. The number of benzene rings is 2. The minimum atomic E-state index is -3.62. The fraction of sp³-hybridized carbons (Fsp3) is 0.350. The standard InChI is InChI=1S/C20H21NO6S/c1-25-18(22)12-26-17-9-5-8-14-19-15(10-11-16(19)27-20(14)17)21-28(23,24)13-6-3-2-4-7-13/h2-9,15-16,19,21H,10-12H2,1H3. The molecule has 1 N–H and O–H groups in total. The first-order valence-electron chi connectivity index (χ1n) is 9.06. The van der Waals surface area contributed by atoms with Gasteiger partial charge in [0.1, 0.15) is 6.10 Å². The van der Waals surface area contributed by atoms with Gasteiger partial charge in [-0.3, -0.25) is 0 Å². The van der Waals surface area contributed by atoms with Gasteiger partial charge in [0.2, 0.25) is 10.0 Å². The maximum absolute atomic E-state index is 12.7. The molecule has 1 saturated carbocycles. The van der Waals surface area contributed by atoms with Crippen LogP contribution in [0.2, 0.25) is 0 Å². The third-order valence-electron chi connectivity index (χ3n) is 5.17. The summed E-state index contributed by atoms with van der Waals surface area (Å²) in [6.07, 6.45) is 1.30. The number of nitrogens with one attached hydrogen (secondary N) is 1. The van der Waals surface area contributed by atoms with Crippen LogP contribution in [0.5, 0.6) is 11.5 Å². The van der Waals surface area contributed by atoms with Crippen LogP contribution in [0.4, 0.5) is 0 Å². The van der Waals surface area contributed by atoms with Gasteiger partial charge in [-0.2, -0.15) is 0 Å². The predicted molar refractivity (Wildman–Crippen MR) is 101 cm³/mol. The highest BCUT2D eigenvalue weighted by Crippen LogP contribution is 2.51. The topological polar surface area (TPSA) is 90.9 Å². The maximum Gasteiger partial charge on any atom is 0.343 e. The average molecular weight is 403 g/mol. The monoisotopic (exact) mass is 403 g/mol. The molecule has 148 valence electrons. The van der Waals surface area contributed by atoms with Crippen molar-refractivity contribution in [3.63, 3.8) is 0 Å². The largest absolute Gasteiger partial charge is 0.486 e. The van der Waals surface area contributed by atoms with Crippen molar-refractivity contribution in [3.8, 4) is 11.5 Å². The molecule has 1 aliphatic heterocycles. The van der Waals surface area contributed by atoms with Crippen LogP contribution in [0.15, 0.2) is 53.4 Å². The molecule has 3 unspecified atom stereocenters. The molecule has 2 aliphatic rings. The smallest absolute Gasteiger partial charge is 0.343 e. The SMILES string of the molecule is COC(=O)COc1cccc2c1OC1CCC(NS(=O)(=O)c3ccccc3)C21. The lowest BCUT2D eigenvalue weighted by Crippen LogP contribution is -2.37. The van der Waals surface area contributed by atoms with Crippen molar-refractivity contribution in [2.75, 3.05) is 13.7 Å². The molecule has 0 radical (unpaired) electrons. The molecule has 3 atom stereocenters. The summed E-state index contributed by atoms with van der Waals surface area (Å²) in [6.45, 7) is -0.213. The molecule has 0 saturated heterocycles. The molecule has 28 heavy (non-hydrogen) atoms. The predicted octanol–water partition coefficient (Wildman–Crippen LogP) is 2.22. The number of rotatable bonds is 6. The summed E-state index contributed by atoms with van der Waals surface area (Å²) in [5.41, 5.74) is 0.894. The van der Waals surface area contributed by atoms with Crippen molar-refractivity contribution in [3.05, 3.63) is 54.1 Å². The first kappa shape index (κ1) is 18.8. The van der Waals surface area contributed by atoms with E-state index in [9.17, 15) is 13.2 Å². The molecule has 1 fully saturated rings. The molecule has 0 amide bonds. The number of carbonyl (C=O) groups is 1. The summed E-state index contributed by atoms with van der Waals surface area (Å²) in [7, 11) is -2.32. The van der Waals surface area contributed by atoms with E-state index in [-0.39, 0.29) is 29.6 Å². The van der Waals surface area contributed by atoms with Crippen LogP contribution in [-0.2, 0) is 19.6 Å². The number of para-hydroxylation sites is 1. The van der Waals surface area contributed by atoms with Crippen LogP contribution in [0, 0.1) is 0 Å². The number of hydrogen-bond acceptors (Lipinski definition) is 6. The Morgan fingerprint density at radius 3 is 2.68 bits per heavy atom. The van der Waals surface area contributed by atoms with Crippen molar-refractivity contribution in [1.82, 2.24) is 4.72 Å². The van der Waals surface area contributed by atoms with E-state index in [1.165, 1.54) is 7.11 Å². The molecule has 2 aromatic carbocycles. The second-order valence-corrected chi connectivity index (χ2v) is 8.55. The van der Waals surface area contributed by atoms with E-state index in [0.29, 0.717) is 17.9 Å². The van der Waals surface area contributed by atoms with E-state index in [1.807, 2.05) is 12.1 Å². The summed E-state index contributed by atoms with van der Waals surface area (Å²) in [4.78, 5) is 11.6. The second-order valence-electron chi connectivity index (χ2n) is 6.84. The van der Waals surface area contributed by atoms with Crippen molar-refractivity contribution in [2.24, 2.45) is 0 Å². The number of carbonyl (C=O) groups excluding carboxylic acids is 1. The average Bonchev–Trinajstić information content (AvgIpc) is 3.26. The summed E-state index contributed by atoms with van der Waals surface area (Å²) >= 11 is 0. The highest BCUT2D eigenvalue weighted by molar-refractivity contribution is 7.89. The van der Waals surface area contributed by atoms with Gasteiger partial charge in [0.15, 0.2) is 18.1 Å². The number of esters is 1. The van der Waals surface area contributed by atoms with Gasteiger partial charge in [0.25, 0.3) is 0 Å². The normalized spacial score (nSPS) is 22.8. The van der Waals surface area contributed by atoms with Gasteiger partial charge in [0.05, 0.1) is 12.0 Å². The Morgan fingerprint density at radius 1 is 1.14 bits per heavy atom. The zero-order chi connectivity index (χ0) is 19.7. The molecule has 7 nitrogen and oxygen atoms in total. The molecule has 0 bridgehead atoms. The summed E-state index contributed by atoms with van der Waals surface area (Å²) in [5.74, 6) is 0.450. The van der Waals surface area contributed by atoms with Crippen molar-refractivity contribution < 1.29 is 27.4 Å². The summed E-state index contributed by atoms with van der Waals surface area (Å²) < 4.78 is 44.5. The fourth-order valence-electron chi connectivity index (χ4n) is 3.89. The van der Waals surface area contributed by atoms with Crippen molar-refractivity contribution >= 4 is 16.0 Å². The lowest BCUT2D eigenvalue weighted by atomic mass is 9.94. The minimum Gasteiger partial charge on any atom is -0.486 e. The van der Waals surface area contributed by atoms with Crippen LogP contribution in [0.3, 0.4) is 0 Å². The molecule has 2 aromatic rings. The summed E-state index contributed by atoms with van der Waals surface area (Å²) in [5, 5.41) is 0. The Labute approximate surface area is 163 Å². The highest BCUT2D eigenvalue weighted by atomic mass is 32.2. The van der Waals surface area contributed by atoms with E-state index in [4.69, 9.17) is 9.47 Å². The zero-order valence-corrected chi connectivity index (χ0v) is 16.1. The van der Waals surface area contributed by atoms with Crippen LogP contribution in [0.25, 0.3) is 0 Å². The van der Waals surface area contributed by atoms with Gasteiger partial charge in [-0.15, -0.1) is 0 Å². The van der Waals surface area contributed by atoms with Crippen molar-refractivity contribution in [1.29, 1.82) is 0 Å². The quantitative estimate of drug-likeness (QED) is 0.744. The number of sulfonamides is 1. The van der Waals surface area contributed by atoms with Crippen molar-refractivity contribution in [2.45, 2.75) is 35.8 Å². The third-order valence-corrected chi connectivity index (χ3v) is 6.67. The zero-order valence-electron chi connectivity index (χ0n) is 15.3. The number of ether oxygens (including phenoxy) is 3. The van der Waals surface area contributed by atoms with Crippen LogP contribution >= 0.6 is 0 Å². The molecule has 0 aromatic heterocycles. The van der Waals surface area contributed by atoms with Gasteiger partial charge in [-0.25, -0.2) is 17.9 Å². The second kappa shape index (κ2) is 7.44. The first-order chi connectivity index (χ1) is 13.5. The fourth-order valence-corrected chi connectivity index (χ4v) is 5.21. The highest BCUT2D eigenvalue weighted by Gasteiger charge is 2.47. The molecular weight excluding hydrogens is 382 g/mol. The Kier molecular flexibility index (Phi) is 4.99. The third kappa shape index (κ3) is 3.45. The molecule has 0 spiro atoms. The van der Waals surface area contributed by atoms with Crippen LogP contribution in [0.1, 0.15) is 24.3 Å². The number of fused-ring (bicyclic) bond motifs is 3. The lowest BCUT2D eigenvalue weighted by molar-refractivity contribution is -0.142. The number of methoxy groups -OCH3 is 1. The van der Waals surface area contributed by atoms with E-state index in [1.54, 1.807) is 36.4 Å². The molecule has 1 aliphatic carbocycles. The Morgan fingerprint density at radius 2 is 1.93 bits per heavy atom. The van der Waals surface area contributed by atoms with Gasteiger partial charge >= 0.3 is 5.97 Å². The molecular formula is C20H21NO6S. The molecule has 8 heteroatoms. The van der Waals surface area contributed by atoms with Gasteiger partial charge < -0.3 is 14.2 Å². The summed E-state index contributed by atoms with van der Waals surface area (Å²) in [6, 6.07) is 13.5. The van der Waals surface area contributed by atoms with Gasteiger partial charge in [-0.05, 0) is 31.0 Å². The van der Waals surface area contributed by atoms with Crippen LogP contribution < -0.4 is 14.2 Å².